The topological polar surface area (TPSA) is 67.9 Å². The number of para-hydroxylation sites is 1. The van der Waals surface area contributed by atoms with Crippen molar-refractivity contribution in [2.45, 2.75) is 6.61 Å². The van der Waals surface area contributed by atoms with Crippen molar-refractivity contribution in [2.24, 2.45) is 0 Å². The Kier molecular flexibility index (Phi) is 5.48. The Morgan fingerprint density at radius 3 is 2.30 bits per heavy atom. The molecule has 0 saturated carbocycles. The highest BCUT2D eigenvalue weighted by Crippen LogP contribution is 2.30. The second-order valence-electron chi connectivity index (χ2n) is 6.66. The molecule has 150 valence electrons. The van der Waals surface area contributed by atoms with Gasteiger partial charge in [-0.15, -0.1) is 0 Å². The fraction of sp³-hybridized carbons (Fsp3) is 0.0833. The third-order valence-electron chi connectivity index (χ3n) is 4.64. The molecule has 1 N–H and O–H groups in total. The van der Waals surface area contributed by atoms with Gasteiger partial charge in [0.25, 0.3) is 11.8 Å². The first-order chi connectivity index (χ1) is 14.7. The van der Waals surface area contributed by atoms with Crippen molar-refractivity contribution in [3.8, 4) is 11.5 Å². The number of hydrogen-bond donors (Lipinski definition) is 1. The summed E-state index contributed by atoms with van der Waals surface area (Å²) >= 11 is 0. The molecule has 1 aliphatic rings. The summed E-state index contributed by atoms with van der Waals surface area (Å²) in [4.78, 5) is 25.1. The highest BCUT2D eigenvalue weighted by Gasteiger charge is 2.34. The summed E-state index contributed by atoms with van der Waals surface area (Å²) in [6, 6.07) is 24.0. The quantitative estimate of drug-likeness (QED) is 0.506. The summed E-state index contributed by atoms with van der Waals surface area (Å²) in [6.07, 6.45) is 1.55. The zero-order valence-corrected chi connectivity index (χ0v) is 16.4. The summed E-state index contributed by atoms with van der Waals surface area (Å²) in [5.74, 6) is 0.240. The van der Waals surface area contributed by atoms with Crippen LogP contribution in [0.5, 0.6) is 11.5 Å². The molecule has 1 saturated heterocycles. The predicted octanol–water partition coefficient (Wildman–Crippen LogP) is 3.74. The van der Waals surface area contributed by atoms with E-state index in [4.69, 9.17) is 9.47 Å². The molecule has 0 radical (unpaired) electrons. The first-order valence-corrected chi connectivity index (χ1v) is 9.42. The van der Waals surface area contributed by atoms with Gasteiger partial charge in [0, 0.05) is 0 Å². The maximum atomic E-state index is 12.7. The Morgan fingerprint density at radius 1 is 0.900 bits per heavy atom. The average molecular weight is 400 g/mol. The van der Waals surface area contributed by atoms with E-state index in [1.54, 1.807) is 55.7 Å². The maximum Gasteiger partial charge on any atom is 0.282 e. The monoisotopic (exact) mass is 400 g/mol. The lowest BCUT2D eigenvalue weighted by Crippen LogP contribution is -2.35. The molecule has 0 atom stereocenters. The SMILES string of the molecule is COc1cc(/C=C2/C(=O)NN(c3ccccc3)C2=O)ccc1OCc1ccccc1. The number of carbonyl (C=O) groups excluding carboxylic acids is 2. The van der Waals surface area contributed by atoms with Crippen molar-refractivity contribution in [3.63, 3.8) is 0 Å². The highest BCUT2D eigenvalue weighted by molar-refractivity contribution is 6.31. The van der Waals surface area contributed by atoms with Gasteiger partial charge in [0.05, 0.1) is 12.8 Å². The minimum absolute atomic E-state index is 0.0545. The Morgan fingerprint density at radius 2 is 1.60 bits per heavy atom. The highest BCUT2D eigenvalue weighted by atomic mass is 16.5. The molecule has 1 aliphatic heterocycles. The van der Waals surface area contributed by atoms with Crippen LogP contribution in [0.2, 0.25) is 0 Å². The normalized spacial score (nSPS) is 14.7. The predicted molar refractivity (Wildman–Crippen MR) is 114 cm³/mol. The molecule has 0 bridgehead atoms. The molecule has 0 spiro atoms. The number of nitrogens with one attached hydrogen (secondary N) is 1. The van der Waals surface area contributed by atoms with Gasteiger partial charge in [-0.05, 0) is 41.5 Å². The van der Waals surface area contributed by atoms with Crippen LogP contribution < -0.4 is 19.9 Å². The van der Waals surface area contributed by atoms with Gasteiger partial charge in [-0.2, -0.15) is 0 Å². The van der Waals surface area contributed by atoms with Crippen LogP contribution >= 0.6 is 0 Å². The van der Waals surface area contributed by atoms with Crippen LogP contribution in [-0.4, -0.2) is 18.9 Å². The van der Waals surface area contributed by atoms with Gasteiger partial charge in [-0.25, -0.2) is 5.01 Å². The van der Waals surface area contributed by atoms with Crippen molar-refractivity contribution in [2.75, 3.05) is 12.1 Å². The minimum atomic E-state index is -0.452. The molecule has 1 heterocycles. The molecule has 30 heavy (non-hydrogen) atoms. The van der Waals surface area contributed by atoms with Crippen LogP contribution in [-0.2, 0) is 16.2 Å². The van der Waals surface area contributed by atoms with E-state index in [2.05, 4.69) is 5.43 Å². The van der Waals surface area contributed by atoms with E-state index in [0.717, 1.165) is 5.56 Å². The summed E-state index contributed by atoms with van der Waals surface area (Å²) in [5, 5.41) is 1.24. The van der Waals surface area contributed by atoms with E-state index in [0.29, 0.717) is 29.4 Å². The number of anilines is 1. The number of benzene rings is 3. The standard InChI is InChI=1S/C24H20N2O4/c1-29-22-15-18(12-13-21(22)30-16-17-8-4-2-5-9-17)14-20-23(27)25-26(24(20)28)19-10-6-3-7-11-19/h2-15H,16H2,1H3,(H,25,27)/b20-14-. The molecule has 2 amide bonds. The fourth-order valence-electron chi connectivity index (χ4n) is 3.11. The van der Waals surface area contributed by atoms with Crippen LogP contribution in [0.1, 0.15) is 11.1 Å². The van der Waals surface area contributed by atoms with E-state index in [9.17, 15) is 9.59 Å². The zero-order valence-electron chi connectivity index (χ0n) is 16.4. The molecule has 0 aliphatic carbocycles. The largest absolute Gasteiger partial charge is 0.493 e. The molecule has 6 nitrogen and oxygen atoms in total. The molecular weight excluding hydrogens is 380 g/mol. The van der Waals surface area contributed by atoms with Gasteiger partial charge in [-0.1, -0.05) is 54.6 Å². The number of hydrogen-bond acceptors (Lipinski definition) is 4. The second-order valence-corrected chi connectivity index (χ2v) is 6.66. The van der Waals surface area contributed by atoms with E-state index < -0.39 is 11.8 Å². The average Bonchev–Trinajstić information content (AvgIpc) is 3.07. The lowest BCUT2D eigenvalue weighted by Gasteiger charge is -2.14. The number of methoxy groups -OCH3 is 1. The molecular formula is C24H20N2O4. The van der Waals surface area contributed by atoms with Crippen molar-refractivity contribution >= 4 is 23.6 Å². The maximum absolute atomic E-state index is 12.7. The van der Waals surface area contributed by atoms with Gasteiger partial charge in [-0.3, -0.25) is 15.0 Å². The Balaban J connectivity index is 1.54. The van der Waals surface area contributed by atoms with Crippen LogP contribution in [0.3, 0.4) is 0 Å². The Labute approximate surface area is 174 Å². The van der Waals surface area contributed by atoms with E-state index in [-0.39, 0.29) is 5.57 Å². The van der Waals surface area contributed by atoms with Gasteiger partial charge >= 0.3 is 0 Å². The van der Waals surface area contributed by atoms with E-state index in [1.807, 2.05) is 36.4 Å². The van der Waals surface area contributed by atoms with Crippen LogP contribution in [0.4, 0.5) is 5.69 Å². The van der Waals surface area contributed by atoms with E-state index in [1.165, 1.54) is 5.01 Å². The molecule has 1 fully saturated rings. The van der Waals surface area contributed by atoms with Crippen LogP contribution in [0.25, 0.3) is 6.08 Å². The van der Waals surface area contributed by atoms with Crippen molar-refractivity contribution in [1.29, 1.82) is 0 Å². The summed E-state index contributed by atoms with van der Waals surface area (Å²) in [7, 11) is 1.55. The van der Waals surface area contributed by atoms with Crippen molar-refractivity contribution in [1.82, 2.24) is 5.43 Å². The van der Waals surface area contributed by atoms with Gasteiger partial charge < -0.3 is 9.47 Å². The number of amides is 2. The minimum Gasteiger partial charge on any atom is -0.493 e. The van der Waals surface area contributed by atoms with Gasteiger partial charge in [0.15, 0.2) is 11.5 Å². The third kappa shape index (κ3) is 4.03. The summed E-state index contributed by atoms with van der Waals surface area (Å²) in [5.41, 5.74) is 4.94. The number of rotatable bonds is 6. The fourth-order valence-corrected chi connectivity index (χ4v) is 3.11. The lowest BCUT2D eigenvalue weighted by molar-refractivity contribution is -0.117. The zero-order chi connectivity index (χ0) is 20.9. The van der Waals surface area contributed by atoms with Crippen LogP contribution in [0.15, 0.2) is 84.4 Å². The van der Waals surface area contributed by atoms with Gasteiger partial charge in [0.2, 0.25) is 0 Å². The number of nitrogens with zero attached hydrogens (tertiary/aromatic N) is 1. The summed E-state index contributed by atoms with van der Waals surface area (Å²) in [6.45, 7) is 0.407. The first kappa shape index (κ1) is 19.3. The number of carbonyl (C=O) groups is 2. The lowest BCUT2D eigenvalue weighted by atomic mass is 10.1. The van der Waals surface area contributed by atoms with E-state index >= 15 is 0 Å². The second kappa shape index (κ2) is 8.53. The number of ether oxygens (including phenoxy) is 2. The van der Waals surface area contributed by atoms with Gasteiger partial charge in [0.1, 0.15) is 12.2 Å². The Bertz CT molecular complexity index is 1090. The number of hydrazine groups is 1. The molecule has 4 rings (SSSR count). The molecule has 6 heteroatoms. The van der Waals surface area contributed by atoms with Crippen LogP contribution in [0, 0.1) is 0 Å². The van der Waals surface area contributed by atoms with Crippen molar-refractivity contribution < 1.29 is 19.1 Å². The first-order valence-electron chi connectivity index (χ1n) is 9.42. The molecule has 3 aromatic rings. The third-order valence-corrected chi connectivity index (χ3v) is 4.64. The molecule has 0 unspecified atom stereocenters. The van der Waals surface area contributed by atoms with Crippen molar-refractivity contribution in [3.05, 3.63) is 95.6 Å². The molecule has 0 aromatic heterocycles. The summed E-state index contributed by atoms with van der Waals surface area (Å²) < 4.78 is 11.3. The smallest absolute Gasteiger partial charge is 0.282 e. The molecule has 3 aromatic carbocycles. The Hall–Kier alpha value is -4.06.